The maximum atomic E-state index is 12.9. The summed E-state index contributed by atoms with van der Waals surface area (Å²) in [6.45, 7) is 3.02. The van der Waals surface area contributed by atoms with Crippen LogP contribution in [0.3, 0.4) is 0 Å². The molecular formula is C12H16FN3O3. The second-order valence-corrected chi connectivity index (χ2v) is 4.29. The Labute approximate surface area is 110 Å². The fourth-order valence-electron chi connectivity index (χ4n) is 1.63. The molecule has 1 amide bonds. The van der Waals surface area contributed by atoms with Gasteiger partial charge in [0.05, 0.1) is 11.0 Å². The molecule has 1 aromatic rings. The predicted molar refractivity (Wildman–Crippen MR) is 68.5 cm³/mol. The summed E-state index contributed by atoms with van der Waals surface area (Å²) in [4.78, 5) is 21.8. The summed E-state index contributed by atoms with van der Waals surface area (Å²) >= 11 is 0. The van der Waals surface area contributed by atoms with Crippen molar-refractivity contribution in [1.82, 2.24) is 10.6 Å². The van der Waals surface area contributed by atoms with Crippen LogP contribution in [0.4, 0.5) is 10.1 Å². The van der Waals surface area contributed by atoms with Crippen LogP contribution in [0.15, 0.2) is 18.2 Å². The molecule has 0 aliphatic carbocycles. The molecule has 0 heterocycles. The van der Waals surface area contributed by atoms with Gasteiger partial charge in [0.15, 0.2) is 0 Å². The zero-order valence-corrected chi connectivity index (χ0v) is 10.8. The zero-order valence-electron chi connectivity index (χ0n) is 10.8. The van der Waals surface area contributed by atoms with Crippen molar-refractivity contribution in [3.05, 3.63) is 39.7 Å². The molecular weight excluding hydrogens is 253 g/mol. The van der Waals surface area contributed by atoms with Gasteiger partial charge >= 0.3 is 0 Å². The second-order valence-electron chi connectivity index (χ2n) is 4.29. The molecule has 19 heavy (non-hydrogen) atoms. The zero-order chi connectivity index (χ0) is 14.4. The minimum atomic E-state index is -0.769. The molecule has 6 nitrogen and oxygen atoms in total. The van der Waals surface area contributed by atoms with Crippen LogP contribution in [0.1, 0.15) is 17.3 Å². The van der Waals surface area contributed by atoms with Crippen molar-refractivity contribution in [2.24, 2.45) is 5.92 Å². The highest BCUT2D eigenvalue weighted by Crippen LogP contribution is 2.19. The van der Waals surface area contributed by atoms with Crippen molar-refractivity contribution in [2.45, 2.75) is 6.92 Å². The van der Waals surface area contributed by atoms with E-state index in [2.05, 4.69) is 10.6 Å². The first-order valence-corrected chi connectivity index (χ1v) is 5.82. The maximum Gasteiger partial charge on any atom is 0.285 e. The number of halogens is 1. The fourth-order valence-corrected chi connectivity index (χ4v) is 1.63. The standard InChI is InChI=1S/C12H16FN3O3/c1-8(6-14-2)7-15-12(17)10-4-3-9(13)5-11(10)16(18)19/h3-5,8,14H,6-7H2,1-2H3,(H,15,17). The van der Waals surface area contributed by atoms with Gasteiger partial charge < -0.3 is 10.6 Å². The SMILES string of the molecule is CNCC(C)CNC(=O)c1ccc(F)cc1[N+](=O)[O-]. The number of hydrogen-bond acceptors (Lipinski definition) is 4. The fraction of sp³-hybridized carbons (Fsp3) is 0.417. The molecule has 0 radical (unpaired) electrons. The molecule has 0 aliphatic heterocycles. The van der Waals surface area contributed by atoms with Gasteiger partial charge in [-0.3, -0.25) is 14.9 Å². The van der Waals surface area contributed by atoms with E-state index < -0.39 is 22.3 Å². The number of nitro groups is 1. The summed E-state index contributed by atoms with van der Waals surface area (Å²) in [5.74, 6) is -1.13. The third-order valence-electron chi connectivity index (χ3n) is 2.56. The molecule has 1 rings (SSSR count). The highest BCUT2D eigenvalue weighted by atomic mass is 19.1. The third-order valence-corrected chi connectivity index (χ3v) is 2.56. The van der Waals surface area contributed by atoms with E-state index in [1.54, 1.807) is 7.05 Å². The van der Waals surface area contributed by atoms with Crippen molar-refractivity contribution in [1.29, 1.82) is 0 Å². The van der Waals surface area contributed by atoms with E-state index in [0.717, 1.165) is 18.2 Å². The van der Waals surface area contributed by atoms with Crippen LogP contribution in [-0.4, -0.2) is 31.0 Å². The van der Waals surface area contributed by atoms with Crippen molar-refractivity contribution in [3.63, 3.8) is 0 Å². The Kier molecular flexibility index (Phi) is 5.37. The number of nitrogens with zero attached hydrogens (tertiary/aromatic N) is 1. The van der Waals surface area contributed by atoms with Gasteiger partial charge in [0.2, 0.25) is 0 Å². The van der Waals surface area contributed by atoms with E-state index in [1.807, 2.05) is 6.92 Å². The van der Waals surface area contributed by atoms with Gasteiger partial charge in [0.25, 0.3) is 11.6 Å². The summed E-state index contributed by atoms with van der Waals surface area (Å²) in [7, 11) is 1.79. The number of amides is 1. The van der Waals surface area contributed by atoms with Crippen molar-refractivity contribution >= 4 is 11.6 Å². The number of carbonyl (C=O) groups is 1. The lowest BCUT2D eigenvalue weighted by molar-refractivity contribution is -0.385. The van der Waals surface area contributed by atoms with Crippen LogP contribution in [0.25, 0.3) is 0 Å². The lowest BCUT2D eigenvalue weighted by Gasteiger charge is -2.12. The van der Waals surface area contributed by atoms with Gasteiger partial charge in [-0.05, 0) is 31.6 Å². The molecule has 0 bridgehead atoms. The molecule has 1 unspecified atom stereocenters. The Hall–Kier alpha value is -2.02. The quantitative estimate of drug-likeness (QED) is 0.602. The number of nitro benzene ring substituents is 1. The van der Waals surface area contributed by atoms with Gasteiger partial charge in [0, 0.05) is 6.54 Å². The molecule has 0 saturated heterocycles. The Morgan fingerprint density at radius 2 is 2.16 bits per heavy atom. The van der Waals surface area contributed by atoms with Gasteiger partial charge in [0.1, 0.15) is 11.4 Å². The summed E-state index contributed by atoms with van der Waals surface area (Å²) < 4.78 is 12.9. The van der Waals surface area contributed by atoms with E-state index in [0.29, 0.717) is 13.1 Å². The van der Waals surface area contributed by atoms with Crippen molar-refractivity contribution < 1.29 is 14.1 Å². The van der Waals surface area contributed by atoms with Crippen LogP contribution < -0.4 is 10.6 Å². The summed E-state index contributed by atoms with van der Waals surface area (Å²) in [6, 6.07) is 2.89. The molecule has 2 N–H and O–H groups in total. The number of benzene rings is 1. The molecule has 1 atom stereocenters. The van der Waals surface area contributed by atoms with E-state index in [4.69, 9.17) is 0 Å². The molecule has 0 aliphatic rings. The average molecular weight is 269 g/mol. The van der Waals surface area contributed by atoms with E-state index >= 15 is 0 Å². The Bertz CT molecular complexity index is 479. The molecule has 0 fully saturated rings. The molecule has 104 valence electrons. The van der Waals surface area contributed by atoms with Crippen LogP contribution in [0, 0.1) is 21.8 Å². The average Bonchev–Trinajstić information content (AvgIpc) is 2.36. The topological polar surface area (TPSA) is 84.3 Å². The monoisotopic (exact) mass is 269 g/mol. The highest BCUT2D eigenvalue weighted by Gasteiger charge is 2.21. The molecule has 1 aromatic carbocycles. The van der Waals surface area contributed by atoms with Gasteiger partial charge in [-0.15, -0.1) is 0 Å². The van der Waals surface area contributed by atoms with Gasteiger partial charge in [-0.25, -0.2) is 4.39 Å². The second kappa shape index (κ2) is 6.79. The van der Waals surface area contributed by atoms with Crippen molar-refractivity contribution in [3.8, 4) is 0 Å². The van der Waals surface area contributed by atoms with E-state index in [1.165, 1.54) is 0 Å². The minimum Gasteiger partial charge on any atom is -0.352 e. The normalized spacial score (nSPS) is 11.9. The van der Waals surface area contributed by atoms with E-state index in [9.17, 15) is 19.3 Å². The number of nitrogens with one attached hydrogen (secondary N) is 2. The van der Waals surface area contributed by atoms with Crippen LogP contribution in [0.5, 0.6) is 0 Å². The van der Waals surface area contributed by atoms with Gasteiger partial charge in [-0.2, -0.15) is 0 Å². The smallest absolute Gasteiger partial charge is 0.285 e. The first-order valence-electron chi connectivity index (χ1n) is 5.82. The maximum absolute atomic E-state index is 12.9. The molecule has 0 saturated carbocycles. The third kappa shape index (κ3) is 4.29. The van der Waals surface area contributed by atoms with Gasteiger partial charge in [-0.1, -0.05) is 6.92 Å². The Morgan fingerprint density at radius 3 is 2.74 bits per heavy atom. The van der Waals surface area contributed by atoms with Crippen LogP contribution in [-0.2, 0) is 0 Å². The van der Waals surface area contributed by atoms with Crippen molar-refractivity contribution in [2.75, 3.05) is 20.1 Å². The summed E-state index contributed by atoms with van der Waals surface area (Å²) in [5.41, 5.74) is -0.665. The Morgan fingerprint density at radius 1 is 1.47 bits per heavy atom. The first kappa shape index (κ1) is 15.0. The van der Waals surface area contributed by atoms with Crippen LogP contribution in [0.2, 0.25) is 0 Å². The molecule has 0 aromatic heterocycles. The lowest BCUT2D eigenvalue weighted by atomic mass is 10.1. The molecule has 0 spiro atoms. The largest absolute Gasteiger partial charge is 0.352 e. The van der Waals surface area contributed by atoms with E-state index in [-0.39, 0.29) is 11.5 Å². The highest BCUT2D eigenvalue weighted by molar-refractivity contribution is 5.98. The number of rotatable bonds is 6. The van der Waals surface area contributed by atoms with Crippen LogP contribution >= 0.6 is 0 Å². The minimum absolute atomic E-state index is 0.136. The summed E-state index contributed by atoms with van der Waals surface area (Å²) in [5, 5.41) is 16.3. The Balaban J connectivity index is 2.79. The first-order chi connectivity index (χ1) is 8.95. The lowest BCUT2D eigenvalue weighted by Crippen LogP contribution is -2.32. The number of carbonyl (C=O) groups excluding carboxylic acids is 1. The predicted octanol–water partition coefficient (Wildman–Crippen LogP) is 1.32. The molecule has 7 heteroatoms. The number of hydrogen-bond donors (Lipinski definition) is 2. The summed E-state index contributed by atoms with van der Waals surface area (Å²) in [6.07, 6.45) is 0.